The smallest absolute Gasteiger partial charge is 0.175 e. The van der Waals surface area contributed by atoms with Crippen LogP contribution in [0, 0.1) is 0 Å². The van der Waals surface area contributed by atoms with E-state index in [1.54, 1.807) is 14.2 Å². The summed E-state index contributed by atoms with van der Waals surface area (Å²) in [6, 6.07) is 12.3. The first-order valence-electron chi connectivity index (χ1n) is 8.50. The third-order valence-corrected chi connectivity index (χ3v) is 4.41. The normalized spacial score (nSPS) is 10.6. The Labute approximate surface area is 158 Å². The first kappa shape index (κ1) is 19.6. The fourth-order valence-electron chi connectivity index (χ4n) is 2.48. The second kappa shape index (κ2) is 10.3. The van der Waals surface area contributed by atoms with Crippen molar-refractivity contribution in [3.05, 3.63) is 52.0 Å². The van der Waals surface area contributed by atoms with Crippen LogP contribution >= 0.6 is 15.9 Å². The summed E-state index contributed by atoms with van der Waals surface area (Å²) in [5.74, 6) is 2.42. The number of halogens is 1. The summed E-state index contributed by atoms with van der Waals surface area (Å²) in [4.78, 5) is 0. The van der Waals surface area contributed by atoms with Crippen molar-refractivity contribution in [3.63, 3.8) is 0 Å². The Hall–Kier alpha value is -1.72. The number of methoxy groups -OCH3 is 2. The molecule has 0 radical (unpaired) electrons. The van der Waals surface area contributed by atoms with Gasteiger partial charge in [0, 0.05) is 6.54 Å². The number of rotatable bonds is 10. The highest BCUT2D eigenvalue weighted by atomic mass is 79.9. The first-order valence-corrected chi connectivity index (χ1v) is 9.30. The van der Waals surface area contributed by atoms with Crippen LogP contribution in [0.4, 0.5) is 0 Å². The summed E-state index contributed by atoms with van der Waals surface area (Å²) in [6.07, 6.45) is 1.93. The predicted molar refractivity (Wildman–Crippen MR) is 105 cm³/mol. The maximum atomic E-state index is 5.76. The zero-order valence-corrected chi connectivity index (χ0v) is 16.7. The fourth-order valence-corrected chi connectivity index (χ4v) is 3.08. The van der Waals surface area contributed by atoms with Crippen molar-refractivity contribution in [2.45, 2.75) is 26.3 Å². The van der Waals surface area contributed by atoms with Gasteiger partial charge in [-0.2, -0.15) is 0 Å². The van der Waals surface area contributed by atoms with Gasteiger partial charge in [0.2, 0.25) is 0 Å². The number of ether oxygens (including phenoxy) is 3. The third-order valence-electron chi connectivity index (χ3n) is 3.82. The number of nitrogens with one attached hydrogen (secondary N) is 1. The van der Waals surface area contributed by atoms with Gasteiger partial charge in [-0.3, -0.25) is 0 Å². The molecule has 0 unspecified atom stereocenters. The molecule has 0 spiro atoms. The van der Waals surface area contributed by atoms with E-state index in [-0.39, 0.29) is 0 Å². The molecule has 2 aromatic carbocycles. The van der Waals surface area contributed by atoms with Gasteiger partial charge in [0.05, 0.1) is 25.3 Å². The van der Waals surface area contributed by atoms with Crippen LogP contribution in [-0.4, -0.2) is 27.4 Å². The minimum absolute atomic E-state index is 0.675. The van der Waals surface area contributed by atoms with Crippen LogP contribution in [-0.2, 0) is 13.0 Å². The molecular formula is C20H26BrNO3. The van der Waals surface area contributed by atoms with Crippen molar-refractivity contribution < 1.29 is 14.2 Å². The predicted octanol–water partition coefficient (Wildman–Crippen LogP) is 4.59. The Morgan fingerprint density at radius 2 is 1.76 bits per heavy atom. The Bertz CT molecular complexity index is 659. The van der Waals surface area contributed by atoms with E-state index >= 15 is 0 Å². The van der Waals surface area contributed by atoms with E-state index in [9.17, 15) is 0 Å². The maximum absolute atomic E-state index is 5.76. The second-order valence-corrected chi connectivity index (χ2v) is 6.59. The van der Waals surface area contributed by atoms with E-state index in [1.807, 2.05) is 18.2 Å². The maximum Gasteiger partial charge on any atom is 0.175 e. The zero-order valence-electron chi connectivity index (χ0n) is 15.1. The molecule has 0 atom stereocenters. The highest BCUT2D eigenvalue weighted by Crippen LogP contribution is 2.36. The van der Waals surface area contributed by atoms with Gasteiger partial charge in [-0.1, -0.05) is 19.1 Å². The van der Waals surface area contributed by atoms with Crippen molar-refractivity contribution in [3.8, 4) is 17.2 Å². The molecule has 4 nitrogen and oxygen atoms in total. The molecule has 0 heterocycles. The first-order chi connectivity index (χ1) is 12.2. The van der Waals surface area contributed by atoms with Gasteiger partial charge in [0.1, 0.15) is 5.75 Å². The summed E-state index contributed by atoms with van der Waals surface area (Å²) in [5, 5.41) is 3.47. The van der Waals surface area contributed by atoms with Crippen LogP contribution in [0.25, 0.3) is 0 Å². The van der Waals surface area contributed by atoms with Crippen molar-refractivity contribution in [1.82, 2.24) is 5.32 Å². The molecule has 2 aromatic rings. The third kappa shape index (κ3) is 5.94. The topological polar surface area (TPSA) is 39.7 Å². The Morgan fingerprint density at radius 1 is 1.00 bits per heavy atom. The molecule has 0 fully saturated rings. The molecule has 0 saturated carbocycles. The number of benzene rings is 2. The molecule has 136 valence electrons. The average molecular weight is 408 g/mol. The molecule has 0 aliphatic heterocycles. The van der Waals surface area contributed by atoms with Gasteiger partial charge < -0.3 is 19.5 Å². The van der Waals surface area contributed by atoms with Crippen molar-refractivity contribution in [1.29, 1.82) is 0 Å². The van der Waals surface area contributed by atoms with Crippen LogP contribution in [0.5, 0.6) is 17.2 Å². The molecule has 0 amide bonds. The Morgan fingerprint density at radius 3 is 2.40 bits per heavy atom. The molecule has 0 aliphatic carbocycles. The van der Waals surface area contributed by atoms with Gasteiger partial charge in [-0.25, -0.2) is 0 Å². The van der Waals surface area contributed by atoms with Crippen LogP contribution in [0.2, 0.25) is 0 Å². The SMILES string of the molecule is CCCOc1c(Br)cc(CNCCc2ccc(OC)cc2)cc1OC. The molecule has 1 N–H and O–H groups in total. The monoisotopic (exact) mass is 407 g/mol. The van der Waals surface area contributed by atoms with Gasteiger partial charge in [0.15, 0.2) is 11.5 Å². The minimum Gasteiger partial charge on any atom is -0.497 e. The Kier molecular flexibility index (Phi) is 8.09. The second-order valence-electron chi connectivity index (χ2n) is 5.73. The summed E-state index contributed by atoms with van der Waals surface area (Å²) in [6.45, 7) is 4.44. The van der Waals surface area contributed by atoms with E-state index in [0.29, 0.717) is 6.61 Å². The van der Waals surface area contributed by atoms with E-state index in [1.165, 1.54) is 5.56 Å². The molecule has 0 bridgehead atoms. The quantitative estimate of drug-likeness (QED) is 0.584. The molecule has 0 aromatic heterocycles. The van der Waals surface area contributed by atoms with E-state index < -0.39 is 0 Å². The van der Waals surface area contributed by atoms with Crippen molar-refractivity contribution in [2.75, 3.05) is 27.4 Å². The van der Waals surface area contributed by atoms with E-state index in [0.717, 1.165) is 53.2 Å². The molecule has 25 heavy (non-hydrogen) atoms. The lowest BCUT2D eigenvalue weighted by Crippen LogP contribution is -2.16. The highest BCUT2D eigenvalue weighted by molar-refractivity contribution is 9.10. The van der Waals surface area contributed by atoms with E-state index in [4.69, 9.17) is 14.2 Å². The minimum atomic E-state index is 0.675. The highest BCUT2D eigenvalue weighted by Gasteiger charge is 2.11. The van der Waals surface area contributed by atoms with Crippen LogP contribution in [0.3, 0.4) is 0 Å². The molecule has 5 heteroatoms. The summed E-state index contributed by atoms with van der Waals surface area (Å²) in [5.41, 5.74) is 2.44. The lowest BCUT2D eigenvalue weighted by molar-refractivity contribution is 0.292. The Balaban J connectivity index is 1.88. The molecular weight excluding hydrogens is 382 g/mol. The number of hydrogen-bond acceptors (Lipinski definition) is 4. The summed E-state index contributed by atoms with van der Waals surface area (Å²) >= 11 is 3.58. The largest absolute Gasteiger partial charge is 0.497 e. The van der Waals surface area contributed by atoms with Crippen molar-refractivity contribution in [2.24, 2.45) is 0 Å². The van der Waals surface area contributed by atoms with Gasteiger partial charge in [-0.15, -0.1) is 0 Å². The summed E-state index contributed by atoms with van der Waals surface area (Å²) < 4.78 is 17.3. The molecule has 0 saturated heterocycles. The molecule has 2 rings (SSSR count). The fraction of sp³-hybridized carbons (Fsp3) is 0.400. The summed E-state index contributed by atoms with van der Waals surface area (Å²) in [7, 11) is 3.35. The standard InChI is InChI=1S/C20H26BrNO3/c1-4-11-25-20-18(21)12-16(13-19(20)24-3)14-22-10-9-15-5-7-17(23-2)8-6-15/h5-8,12-13,22H,4,9-11,14H2,1-3H3. The van der Waals surface area contributed by atoms with Gasteiger partial charge >= 0.3 is 0 Å². The van der Waals surface area contributed by atoms with Crippen LogP contribution in [0.1, 0.15) is 24.5 Å². The lowest BCUT2D eigenvalue weighted by Gasteiger charge is -2.14. The molecule has 0 aliphatic rings. The van der Waals surface area contributed by atoms with Crippen LogP contribution in [0.15, 0.2) is 40.9 Å². The zero-order chi connectivity index (χ0) is 18.1. The number of hydrogen-bond donors (Lipinski definition) is 1. The van der Waals surface area contributed by atoms with Gasteiger partial charge in [-0.05, 0) is 70.7 Å². The average Bonchev–Trinajstić information content (AvgIpc) is 2.64. The van der Waals surface area contributed by atoms with Gasteiger partial charge in [0.25, 0.3) is 0 Å². The van der Waals surface area contributed by atoms with E-state index in [2.05, 4.69) is 46.4 Å². The lowest BCUT2D eigenvalue weighted by atomic mass is 10.1. The van der Waals surface area contributed by atoms with Crippen molar-refractivity contribution >= 4 is 15.9 Å². The van der Waals surface area contributed by atoms with Crippen LogP contribution < -0.4 is 19.5 Å².